The second kappa shape index (κ2) is 8.18. The number of ether oxygens (including phenoxy) is 1. The molecule has 1 aliphatic rings. The number of carboxylic acid groups (broad SMARTS) is 1. The Morgan fingerprint density at radius 3 is 2.50 bits per heavy atom. The fourth-order valence-electron chi connectivity index (χ4n) is 3.45. The summed E-state index contributed by atoms with van der Waals surface area (Å²) in [6.45, 7) is 3.13. The topological polar surface area (TPSA) is 96.8 Å². The first-order valence-electron chi connectivity index (χ1n) is 9.10. The zero-order valence-corrected chi connectivity index (χ0v) is 16.8. The Kier molecular flexibility index (Phi) is 5.88. The van der Waals surface area contributed by atoms with Gasteiger partial charge in [0.2, 0.25) is 0 Å². The Hall–Kier alpha value is -2.61. The van der Waals surface area contributed by atoms with E-state index in [4.69, 9.17) is 9.84 Å². The lowest BCUT2D eigenvalue weighted by atomic mass is 9.90. The molecule has 1 fully saturated rings. The van der Waals surface area contributed by atoms with Crippen molar-refractivity contribution in [3.63, 3.8) is 0 Å². The van der Waals surface area contributed by atoms with Gasteiger partial charge < -0.3 is 14.7 Å². The van der Waals surface area contributed by atoms with Gasteiger partial charge in [-0.15, -0.1) is 0 Å². The monoisotopic (exact) mass is 404 g/mol. The molecule has 1 saturated heterocycles. The predicted octanol–water partition coefficient (Wildman–Crippen LogP) is 3.23. The zero-order valence-electron chi connectivity index (χ0n) is 16.0. The third kappa shape index (κ3) is 4.81. The number of rotatable bonds is 5. The molecule has 7 nitrogen and oxygen atoms in total. The van der Waals surface area contributed by atoms with Crippen LogP contribution < -0.4 is 4.74 Å². The van der Waals surface area contributed by atoms with E-state index in [0.717, 1.165) is 24.1 Å². The van der Waals surface area contributed by atoms with Crippen LogP contribution in [0.4, 0.5) is 4.79 Å². The number of benzene rings is 1. The molecule has 0 radical (unpaired) electrons. The standard InChI is InChI=1S/C20H24N2O5S/c1-14-11-18(5-6-19(14)28(2,25)26)27-13-17-4-3-16(12-21-17)15-7-9-22(10-8-15)20(23)24/h3-6,11-12,15H,7-10,13H2,1-2H3,(H,23,24). The summed E-state index contributed by atoms with van der Waals surface area (Å²) >= 11 is 0. The minimum absolute atomic E-state index is 0.287. The maximum atomic E-state index is 11.7. The van der Waals surface area contributed by atoms with Gasteiger partial charge in [0, 0.05) is 25.5 Å². The summed E-state index contributed by atoms with van der Waals surface area (Å²) in [5.41, 5.74) is 2.54. The van der Waals surface area contributed by atoms with Gasteiger partial charge in [-0.2, -0.15) is 0 Å². The Bertz CT molecular complexity index is 949. The molecule has 1 aliphatic heterocycles. The number of carbonyl (C=O) groups is 1. The van der Waals surface area contributed by atoms with Crippen molar-refractivity contribution < 1.29 is 23.1 Å². The van der Waals surface area contributed by atoms with Crippen molar-refractivity contribution in [1.29, 1.82) is 0 Å². The number of hydrogen-bond donors (Lipinski definition) is 1. The van der Waals surface area contributed by atoms with E-state index < -0.39 is 15.9 Å². The van der Waals surface area contributed by atoms with Crippen molar-refractivity contribution in [3.05, 3.63) is 53.3 Å². The SMILES string of the molecule is Cc1cc(OCc2ccc(C3CCN(C(=O)O)CC3)cn2)ccc1S(C)(=O)=O. The van der Waals surface area contributed by atoms with E-state index in [1.807, 2.05) is 18.3 Å². The molecule has 2 aromatic rings. The molecule has 28 heavy (non-hydrogen) atoms. The molecule has 1 aromatic carbocycles. The van der Waals surface area contributed by atoms with Gasteiger partial charge in [-0.3, -0.25) is 4.98 Å². The largest absolute Gasteiger partial charge is 0.487 e. The Balaban J connectivity index is 1.58. The molecule has 8 heteroatoms. The fraction of sp³-hybridized carbons (Fsp3) is 0.400. The van der Waals surface area contributed by atoms with Crippen LogP contribution in [0.25, 0.3) is 0 Å². The van der Waals surface area contributed by atoms with Crippen molar-refractivity contribution in [1.82, 2.24) is 9.88 Å². The Labute approximate surface area is 164 Å². The van der Waals surface area contributed by atoms with Gasteiger partial charge in [-0.1, -0.05) is 6.07 Å². The van der Waals surface area contributed by atoms with Crippen LogP contribution in [-0.2, 0) is 16.4 Å². The number of sulfone groups is 1. The third-order valence-electron chi connectivity index (χ3n) is 5.02. The molecule has 0 atom stereocenters. The van der Waals surface area contributed by atoms with Crippen LogP contribution in [0.5, 0.6) is 5.75 Å². The zero-order chi connectivity index (χ0) is 20.3. The highest BCUT2D eigenvalue weighted by Gasteiger charge is 2.23. The molecular formula is C20H24N2O5S. The van der Waals surface area contributed by atoms with E-state index >= 15 is 0 Å². The predicted molar refractivity (Wildman–Crippen MR) is 104 cm³/mol. The van der Waals surface area contributed by atoms with Crippen molar-refractivity contribution in [2.75, 3.05) is 19.3 Å². The normalized spacial score (nSPS) is 15.4. The van der Waals surface area contributed by atoms with Crippen molar-refractivity contribution in [3.8, 4) is 5.75 Å². The molecule has 3 rings (SSSR count). The second-order valence-corrected chi connectivity index (χ2v) is 9.10. The number of likely N-dealkylation sites (tertiary alicyclic amines) is 1. The summed E-state index contributed by atoms with van der Waals surface area (Å²) < 4.78 is 29.1. The molecule has 150 valence electrons. The molecule has 1 amide bonds. The van der Waals surface area contributed by atoms with E-state index in [1.165, 1.54) is 11.2 Å². The van der Waals surface area contributed by atoms with Crippen LogP contribution in [0.2, 0.25) is 0 Å². The van der Waals surface area contributed by atoms with Gasteiger partial charge in [-0.05, 0) is 61.1 Å². The first-order valence-corrected chi connectivity index (χ1v) is 11.0. The highest BCUT2D eigenvalue weighted by molar-refractivity contribution is 7.90. The number of aryl methyl sites for hydroxylation is 1. The van der Waals surface area contributed by atoms with Gasteiger partial charge in [0.25, 0.3) is 0 Å². The molecule has 0 spiro atoms. The van der Waals surface area contributed by atoms with Gasteiger partial charge in [0.15, 0.2) is 9.84 Å². The summed E-state index contributed by atoms with van der Waals surface area (Å²) in [5.74, 6) is 0.918. The summed E-state index contributed by atoms with van der Waals surface area (Å²) in [6.07, 6.45) is 3.76. The third-order valence-corrected chi connectivity index (χ3v) is 6.27. The number of piperidine rings is 1. The molecule has 1 aromatic heterocycles. The molecule has 0 unspecified atom stereocenters. The highest BCUT2D eigenvalue weighted by Crippen LogP contribution is 2.28. The smallest absolute Gasteiger partial charge is 0.407 e. The average Bonchev–Trinajstić information content (AvgIpc) is 2.66. The maximum Gasteiger partial charge on any atom is 0.407 e. The fourth-order valence-corrected chi connectivity index (χ4v) is 4.41. The van der Waals surface area contributed by atoms with Crippen molar-refractivity contribution >= 4 is 15.9 Å². The molecule has 0 aliphatic carbocycles. The first-order chi connectivity index (χ1) is 13.2. The van der Waals surface area contributed by atoms with Crippen LogP contribution in [0.3, 0.4) is 0 Å². The Morgan fingerprint density at radius 2 is 1.96 bits per heavy atom. The highest BCUT2D eigenvalue weighted by atomic mass is 32.2. The Morgan fingerprint density at radius 1 is 1.25 bits per heavy atom. The molecule has 0 saturated carbocycles. The summed E-state index contributed by atoms with van der Waals surface area (Å²) in [5, 5.41) is 9.03. The number of hydrogen-bond acceptors (Lipinski definition) is 5. The lowest BCUT2D eigenvalue weighted by Crippen LogP contribution is -2.36. The summed E-state index contributed by atoms with van der Waals surface area (Å²) in [7, 11) is -3.24. The second-order valence-electron chi connectivity index (χ2n) is 7.11. The van der Waals surface area contributed by atoms with Crippen molar-refractivity contribution in [2.45, 2.75) is 37.2 Å². The summed E-state index contributed by atoms with van der Waals surface area (Å²) in [6, 6.07) is 8.84. The van der Waals surface area contributed by atoms with Gasteiger partial charge in [-0.25, -0.2) is 13.2 Å². The van der Waals surface area contributed by atoms with Crippen molar-refractivity contribution in [2.24, 2.45) is 0 Å². The van der Waals surface area contributed by atoms with E-state index in [-0.39, 0.29) is 6.61 Å². The summed E-state index contributed by atoms with van der Waals surface area (Å²) in [4.78, 5) is 17.2. The first kappa shape index (κ1) is 20.1. The van der Waals surface area contributed by atoms with E-state index in [9.17, 15) is 13.2 Å². The average molecular weight is 404 g/mol. The lowest BCUT2D eigenvalue weighted by Gasteiger charge is -2.30. The minimum Gasteiger partial charge on any atom is -0.487 e. The van der Waals surface area contributed by atoms with Crippen LogP contribution >= 0.6 is 0 Å². The molecule has 2 heterocycles. The number of nitrogens with zero attached hydrogens (tertiary/aromatic N) is 2. The number of aromatic nitrogens is 1. The molecule has 0 bridgehead atoms. The van der Waals surface area contributed by atoms with Gasteiger partial charge in [0.05, 0.1) is 10.6 Å². The quantitative estimate of drug-likeness (QED) is 0.822. The molecule has 1 N–H and O–H groups in total. The van der Waals surface area contributed by atoms with Gasteiger partial charge in [0.1, 0.15) is 12.4 Å². The molecular weight excluding hydrogens is 380 g/mol. The van der Waals surface area contributed by atoms with Crippen LogP contribution in [0, 0.1) is 6.92 Å². The van der Waals surface area contributed by atoms with Crippen LogP contribution in [0.1, 0.15) is 35.6 Å². The van der Waals surface area contributed by atoms with E-state index in [1.54, 1.807) is 25.1 Å². The van der Waals surface area contributed by atoms with E-state index in [0.29, 0.717) is 35.2 Å². The minimum atomic E-state index is -3.24. The van der Waals surface area contributed by atoms with Gasteiger partial charge >= 0.3 is 6.09 Å². The van der Waals surface area contributed by atoms with E-state index in [2.05, 4.69) is 4.98 Å². The van der Waals surface area contributed by atoms with Crippen LogP contribution in [0.15, 0.2) is 41.4 Å². The lowest BCUT2D eigenvalue weighted by molar-refractivity contribution is 0.132. The van der Waals surface area contributed by atoms with Crippen LogP contribution in [-0.4, -0.2) is 48.8 Å². The number of pyridine rings is 1. The number of amides is 1. The maximum absolute atomic E-state index is 11.7.